The van der Waals surface area contributed by atoms with Crippen LogP contribution in [0.4, 0.5) is 0 Å². The lowest BCUT2D eigenvalue weighted by Crippen LogP contribution is -2.30. The molecule has 2 aromatic carbocycles. The van der Waals surface area contributed by atoms with Crippen molar-refractivity contribution in [2.75, 3.05) is 6.54 Å². The van der Waals surface area contributed by atoms with Crippen molar-refractivity contribution in [1.82, 2.24) is 10.3 Å². The van der Waals surface area contributed by atoms with Gasteiger partial charge in [0.2, 0.25) is 0 Å². The first-order chi connectivity index (χ1) is 12.0. The number of amides is 1. The summed E-state index contributed by atoms with van der Waals surface area (Å²) >= 11 is 3.40. The molecule has 3 aromatic rings. The summed E-state index contributed by atoms with van der Waals surface area (Å²) in [6.07, 6.45) is 0.812. The van der Waals surface area contributed by atoms with Crippen molar-refractivity contribution in [1.29, 1.82) is 0 Å². The highest BCUT2D eigenvalue weighted by Gasteiger charge is 2.12. The van der Waals surface area contributed by atoms with Gasteiger partial charge in [0.05, 0.1) is 0 Å². The Balaban J connectivity index is 1.68. The van der Waals surface area contributed by atoms with Crippen LogP contribution in [0.3, 0.4) is 0 Å². The second kappa shape index (κ2) is 7.66. The second-order valence-electron chi connectivity index (χ2n) is 6.10. The van der Waals surface area contributed by atoms with Gasteiger partial charge in [-0.25, -0.2) is 0 Å². The highest BCUT2D eigenvalue weighted by atomic mass is 79.9. The molecule has 0 fully saturated rings. The second-order valence-corrected chi connectivity index (χ2v) is 7.02. The standard InChI is InChI=1S/C20H19BrN2O2/c1-13(14-5-3-2-4-6-14)9-10-22-19(24)17-12-15-11-16(21)7-8-18(15)23-20(17)25/h2-8,11-13H,9-10H2,1H3,(H,22,24)(H,23,25). The van der Waals surface area contributed by atoms with Crippen molar-refractivity contribution >= 4 is 32.7 Å². The zero-order valence-corrected chi connectivity index (χ0v) is 15.5. The Labute approximate surface area is 154 Å². The van der Waals surface area contributed by atoms with E-state index in [1.165, 1.54) is 5.56 Å². The third-order valence-electron chi connectivity index (χ3n) is 4.28. The van der Waals surface area contributed by atoms with Crippen LogP contribution in [0.5, 0.6) is 0 Å². The number of halogens is 1. The summed E-state index contributed by atoms with van der Waals surface area (Å²) in [6.45, 7) is 2.65. The average Bonchev–Trinajstić information content (AvgIpc) is 2.62. The van der Waals surface area contributed by atoms with Crippen LogP contribution in [0.2, 0.25) is 0 Å². The molecule has 0 saturated heterocycles. The minimum Gasteiger partial charge on any atom is -0.352 e. The molecule has 0 aliphatic carbocycles. The third-order valence-corrected chi connectivity index (χ3v) is 4.78. The first kappa shape index (κ1) is 17.4. The molecule has 1 aromatic heterocycles. The number of benzene rings is 2. The number of pyridine rings is 1. The number of carbonyl (C=O) groups excluding carboxylic acids is 1. The molecule has 4 nitrogen and oxygen atoms in total. The van der Waals surface area contributed by atoms with Crippen LogP contribution in [-0.4, -0.2) is 17.4 Å². The number of aromatic amines is 1. The molecule has 0 saturated carbocycles. The summed E-state index contributed by atoms with van der Waals surface area (Å²) in [6, 6.07) is 17.3. The summed E-state index contributed by atoms with van der Waals surface area (Å²) in [5.74, 6) is -0.00395. The molecule has 0 aliphatic heterocycles. The van der Waals surface area contributed by atoms with Gasteiger partial charge in [-0.05, 0) is 42.2 Å². The molecule has 128 valence electrons. The summed E-state index contributed by atoms with van der Waals surface area (Å²) < 4.78 is 0.898. The molecule has 1 heterocycles. The van der Waals surface area contributed by atoms with Gasteiger partial charge in [-0.3, -0.25) is 9.59 Å². The fraction of sp³-hybridized carbons (Fsp3) is 0.200. The van der Waals surface area contributed by atoms with E-state index in [1.807, 2.05) is 36.4 Å². The fourth-order valence-corrected chi connectivity index (χ4v) is 3.17. The lowest BCUT2D eigenvalue weighted by molar-refractivity contribution is 0.0951. The van der Waals surface area contributed by atoms with Crippen LogP contribution in [0, 0.1) is 0 Å². The van der Waals surface area contributed by atoms with Crippen molar-refractivity contribution in [3.63, 3.8) is 0 Å². The van der Waals surface area contributed by atoms with Crippen molar-refractivity contribution in [2.24, 2.45) is 0 Å². The topological polar surface area (TPSA) is 62.0 Å². The highest BCUT2D eigenvalue weighted by Crippen LogP contribution is 2.19. The summed E-state index contributed by atoms with van der Waals surface area (Å²) in [4.78, 5) is 27.3. The maximum absolute atomic E-state index is 12.4. The van der Waals surface area contributed by atoms with Gasteiger partial charge in [0, 0.05) is 21.9 Å². The summed E-state index contributed by atoms with van der Waals surface area (Å²) in [7, 11) is 0. The molecule has 1 unspecified atom stereocenters. The monoisotopic (exact) mass is 398 g/mol. The van der Waals surface area contributed by atoms with E-state index >= 15 is 0 Å². The van der Waals surface area contributed by atoms with Gasteiger partial charge in [0.1, 0.15) is 5.56 Å². The Bertz CT molecular complexity index is 951. The van der Waals surface area contributed by atoms with E-state index < -0.39 is 0 Å². The largest absolute Gasteiger partial charge is 0.352 e. The SMILES string of the molecule is CC(CCNC(=O)c1cc2cc(Br)ccc2[nH]c1=O)c1ccccc1. The van der Waals surface area contributed by atoms with E-state index in [2.05, 4.69) is 45.3 Å². The van der Waals surface area contributed by atoms with Gasteiger partial charge in [-0.2, -0.15) is 0 Å². The first-order valence-electron chi connectivity index (χ1n) is 8.20. The molecule has 0 bridgehead atoms. The van der Waals surface area contributed by atoms with E-state index in [4.69, 9.17) is 0 Å². The number of H-pyrrole nitrogens is 1. The Hall–Kier alpha value is -2.40. The van der Waals surface area contributed by atoms with Gasteiger partial charge < -0.3 is 10.3 Å². The number of carbonyl (C=O) groups is 1. The lowest BCUT2D eigenvalue weighted by Gasteiger charge is -2.12. The Kier molecular flexibility index (Phi) is 5.34. The van der Waals surface area contributed by atoms with E-state index in [-0.39, 0.29) is 17.0 Å². The molecule has 0 aliphatic rings. The fourth-order valence-electron chi connectivity index (χ4n) is 2.79. The number of fused-ring (bicyclic) bond motifs is 1. The van der Waals surface area contributed by atoms with E-state index in [9.17, 15) is 9.59 Å². The van der Waals surface area contributed by atoms with Crippen molar-refractivity contribution in [3.8, 4) is 0 Å². The van der Waals surface area contributed by atoms with Crippen LogP contribution >= 0.6 is 15.9 Å². The lowest BCUT2D eigenvalue weighted by atomic mass is 9.98. The number of nitrogens with one attached hydrogen (secondary N) is 2. The zero-order chi connectivity index (χ0) is 17.8. The molecular formula is C20H19BrN2O2. The Morgan fingerprint density at radius 2 is 1.92 bits per heavy atom. The number of hydrogen-bond donors (Lipinski definition) is 2. The third kappa shape index (κ3) is 4.17. The van der Waals surface area contributed by atoms with Gasteiger partial charge in [0.25, 0.3) is 11.5 Å². The molecule has 1 amide bonds. The Morgan fingerprint density at radius 1 is 1.16 bits per heavy atom. The minimum absolute atomic E-state index is 0.137. The predicted octanol–water partition coefficient (Wildman–Crippen LogP) is 4.21. The van der Waals surface area contributed by atoms with E-state index in [0.29, 0.717) is 18.0 Å². The molecule has 0 radical (unpaired) electrons. The smallest absolute Gasteiger partial charge is 0.261 e. The zero-order valence-electron chi connectivity index (χ0n) is 13.9. The molecule has 0 spiro atoms. The molecule has 2 N–H and O–H groups in total. The van der Waals surface area contributed by atoms with E-state index in [1.54, 1.807) is 6.07 Å². The number of aromatic nitrogens is 1. The summed E-state index contributed by atoms with van der Waals surface area (Å²) in [5, 5.41) is 3.67. The van der Waals surface area contributed by atoms with Crippen LogP contribution in [0.25, 0.3) is 10.9 Å². The van der Waals surface area contributed by atoms with Crippen molar-refractivity contribution in [2.45, 2.75) is 19.3 Å². The molecule has 3 rings (SSSR count). The maximum atomic E-state index is 12.4. The molecular weight excluding hydrogens is 380 g/mol. The summed E-state index contributed by atoms with van der Waals surface area (Å²) in [5.41, 5.74) is 1.72. The molecule has 5 heteroatoms. The van der Waals surface area contributed by atoms with Crippen LogP contribution in [0.1, 0.15) is 35.2 Å². The molecule has 1 atom stereocenters. The maximum Gasteiger partial charge on any atom is 0.261 e. The van der Waals surface area contributed by atoms with Gasteiger partial charge in [-0.1, -0.05) is 53.2 Å². The molecule has 25 heavy (non-hydrogen) atoms. The average molecular weight is 399 g/mol. The highest BCUT2D eigenvalue weighted by molar-refractivity contribution is 9.10. The van der Waals surface area contributed by atoms with Crippen molar-refractivity contribution < 1.29 is 4.79 Å². The minimum atomic E-state index is -0.372. The van der Waals surface area contributed by atoms with Crippen LogP contribution in [0.15, 0.2) is 63.9 Å². The van der Waals surface area contributed by atoms with Gasteiger partial charge in [-0.15, -0.1) is 0 Å². The van der Waals surface area contributed by atoms with Gasteiger partial charge >= 0.3 is 0 Å². The first-order valence-corrected chi connectivity index (χ1v) is 8.99. The van der Waals surface area contributed by atoms with Crippen LogP contribution < -0.4 is 10.9 Å². The Morgan fingerprint density at radius 3 is 2.68 bits per heavy atom. The van der Waals surface area contributed by atoms with Gasteiger partial charge in [0.15, 0.2) is 0 Å². The number of rotatable bonds is 5. The predicted molar refractivity (Wildman–Crippen MR) is 104 cm³/mol. The van der Waals surface area contributed by atoms with E-state index in [0.717, 1.165) is 16.3 Å². The quantitative estimate of drug-likeness (QED) is 0.675. The van der Waals surface area contributed by atoms with Crippen LogP contribution in [-0.2, 0) is 0 Å². The van der Waals surface area contributed by atoms with Crippen molar-refractivity contribution in [3.05, 3.63) is 80.6 Å². The number of hydrogen-bond acceptors (Lipinski definition) is 2. The normalized spacial score (nSPS) is 12.1.